The summed E-state index contributed by atoms with van der Waals surface area (Å²) in [6, 6.07) is 15.7. The van der Waals surface area contributed by atoms with Gasteiger partial charge in [0, 0.05) is 17.3 Å². The van der Waals surface area contributed by atoms with E-state index in [0.717, 1.165) is 29.1 Å². The molecule has 0 aliphatic carbocycles. The van der Waals surface area contributed by atoms with Gasteiger partial charge in [-0.05, 0) is 56.3 Å². The van der Waals surface area contributed by atoms with E-state index in [0.29, 0.717) is 11.4 Å². The number of hydrogen-bond acceptors (Lipinski definition) is 4. The molecule has 0 N–H and O–H groups in total. The minimum absolute atomic E-state index is 0.0870. The molecule has 4 rings (SSSR count). The van der Waals surface area contributed by atoms with Crippen molar-refractivity contribution in [2.75, 3.05) is 10.8 Å². The van der Waals surface area contributed by atoms with Crippen LogP contribution in [0.15, 0.2) is 65.6 Å². The third-order valence-electron chi connectivity index (χ3n) is 4.73. The van der Waals surface area contributed by atoms with Crippen molar-refractivity contribution in [1.82, 2.24) is 4.98 Å². The van der Waals surface area contributed by atoms with Gasteiger partial charge in [0.05, 0.1) is 11.3 Å². The van der Waals surface area contributed by atoms with Crippen molar-refractivity contribution in [3.63, 3.8) is 0 Å². The third-order valence-corrected chi connectivity index (χ3v) is 6.13. The molecule has 1 aliphatic rings. The van der Waals surface area contributed by atoms with E-state index >= 15 is 0 Å². The summed E-state index contributed by atoms with van der Waals surface area (Å²) < 4.78 is 60.1. The van der Waals surface area contributed by atoms with Crippen LogP contribution in [-0.4, -0.2) is 22.2 Å². The molecule has 1 unspecified atom stereocenters. The second-order valence-corrected chi connectivity index (χ2v) is 8.52. The van der Waals surface area contributed by atoms with Crippen LogP contribution in [0.1, 0.15) is 18.2 Å². The molecule has 0 fully saturated rings. The predicted molar refractivity (Wildman–Crippen MR) is 110 cm³/mol. The van der Waals surface area contributed by atoms with Gasteiger partial charge in [0.15, 0.2) is 4.90 Å². The number of ether oxygens (including phenoxy) is 1. The van der Waals surface area contributed by atoms with Gasteiger partial charge in [0.2, 0.25) is 0 Å². The van der Waals surface area contributed by atoms with Crippen molar-refractivity contribution in [2.24, 2.45) is 0 Å². The third kappa shape index (κ3) is 4.11. The number of alkyl halides is 3. The molecule has 0 spiro atoms. The first-order valence-corrected chi connectivity index (χ1v) is 10.4. The molecule has 156 valence electrons. The normalized spacial score (nSPS) is 17.3. The molecule has 2 atom stereocenters. The number of aryl methyl sites for hydroxylation is 1. The largest absolute Gasteiger partial charge is 0.588 e. The summed E-state index contributed by atoms with van der Waals surface area (Å²) in [5.74, 6) is 0.533. The molecule has 3 aromatic rings. The molecule has 8 heteroatoms. The van der Waals surface area contributed by atoms with Crippen LogP contribution in [0, 0.1) is 6.92 Å². The van der Waals surface area contributed by atoms with Gasteiger partial charge in [-0.2, -0.15) is 17.5 Å². The first-order chi connectivity index (χ1) is 14.2. The molecule has 30 heavy (non-hydrogen) atoms. The SMILES string of the molecule is Cc1cccc(-c2ccc3c(c2)N([S+]([O-])c2cccc(C(F)(F)F)c2)C[C@H](C)O3)n1. The van der Waals surface area contributed by atoms with Crippen molar-refractivity contribution in [3.05, 3.63) is 71.9 Å². The van der Waals surface area contributed by atoms with Crippen molar-refractivity contribution in [1.29, 1.82) is 0 Å². The summed E-state index contributed by atoms with van der Waals surface area (Å²) in [5, 5.41) is 0. The van der Waals surface area contributed by atoms with Crippen LogP contribution in [-0.2, 0) is 17.5 Å². The van der Waals surface area contributed by atoms with Gasteiger partial charge in [-0.1, -0.05) is 12.1 Å². The van der Waals surface area contributed by atoms with Gasteiger partial charge < -0.3 is 9.29 Å². The quantitative estimate of drug-likeness (QED) is 0.521. The highest BCUT2D eigenvalue weighted by molar-refractivity contribution is 7.92. The van der Waals surface area contributed by atoms with E-state index in [1.54, 1.807) is 10.4 Å². The number of anilines is 1. The lowest BCUT2D eigenvalue weighted by molar-refractivity contribution is -0.137. The second-order valence-electron chi connectivity index (χ2n) is 7.11. The highest BCUT2D eigenvalue weighted by atomic mass is 32.2. The number of benzene rings is 2. The van der Waals surface area contributed by atoms with Gasteiger partial charge in [0.25, 0.3) is 0 Å². The summed E-state index contributed by atoms with van der Waals surface area (Å²) in [4.78, 5) is 4.60. The van der Waals surface area contributed by atoms with E-state index in [4.69, 9.17) is 4.74 Å². The van der Waals surface area contributed by atoms with E-state index in [9.17, 15) is 17.7 Å². The molecule has 2 heterocycles. The topological polar surface area (TPSA) is 48.4 Å². The van der Waals surface area contributed by atoms with Crippen molar-refractivity contribution in [3.8, 4) is 17.0 Å². The van der Waals surface area contributed by atoms with E-state index in [-0.39, 0.29) is 17.5 Å². The highest BCUT2D eigenvalue weighted by Gasteiger charge is 2.36. The Morgan fingerprint density at radius 1 is 1.10 bits per heavy atom. The monoisotopic (exact) mass is 432 g/mol. The molecule has 4 nitrogen and oxygen atoms in total. The van der Waals surface area contributed by atoms with Crippen molar-refractivity contribution < 1.29 is 22.5 Å². The minimum Gasteiger partial charge on any atom is -0.588 e. The first-order valence-electron chi connectivity index (χ1n) is 9.34. The number of rotatable bonds is 3. The number of halogens is 3. The fourth-order valence-corrected chi connectivity index (χ4v) is 4.67. The summed E-state index contributed by atoms with van der Waals surface area (Å²) in [6.07, 6.45) is -4.77. The maximum atomic E-state index is 13.3. The summed E-state index contributed by atoms with van der Waals surface area (Å²) in [5.41, 5.74) is 2.15. The lowest BCUT2D eigenvalue weighted by Gasteiger charge is -2.34. The van der Waals surface area contributed by atoms with Crippen molar-refractivity contribution >= 4 is 17.0 Å². The molecule has 0 amide bonds. The number of pyridine rings is 1. The molecule has 0 saturated heterocycles. The van der Waals surface area contributed by atoms with Gasteiger partial charge in [-0.3, -0.25) is 4.98 Å². The van der Waals surface area contributed by atoms with E-state index < -0.39 is 23.1 Å². The Morgan fingerprint density at radius 2 is 1.87 bits per heavy atom. The maximum Gasteiger partial charge on any atom is 0.416 e. The lowest BCUT2D eigenvalue weighted by Crippen LogP contribution is -2.42. The molecular weight excluding hydrogens is 413 g/mol. The molecule has 0 bridgehead atoms. The molecule has 0 saturated carbocycles. The maximum absolute atomic E-state index is 13.3. The molecule has 1 aliphatic heterocycles. The number of fused-ring (bicyclic) bond motifs is 1. The first kappa shape index (κ1) is 20.6. The van der Waals surface area contributed by atoms with Crippen LogP contribution in [0.4, 0.5) is 18.9 Å². The second kappa shape index (κ2) is 7.85. The smallest absolute Gasteiger partial charge is 0.416 e. The lowest BCUT2D eigenvalue weighted by atomic mass is 10.1. The van der Waals surface area contributed by atoms with Gasteiger partial charge in [-0.25, -0.2) is 0 Å². The Labute approximate surface area is 175 Å². The van der Waals surface area contributed by atoms with Crippen LogP contribution >= 0.6 is 0 Å². The standard InChI is InChI=1S/C22H19F3N2O2S/c1-14-5-3-8-19(26-14)16-9-10-21-20(11-16)27(13-15(2)29-21)30(28)18-7-4-6-17(12-18)22(23,24)25/h3-12,15H,13H2,1-2H3/t15-,30?/m0/s1. The van der Waals surface area contributed by atoms with E-state index in [1.807, 2.05) is 44.2 Å². The fourth-order valence-electron chi connectivity index (χ4n) is 3.33. The molecule has 0 radical (unpaired) electrons. The number of nitrogens with zero attached hydrogens (tertiary/aromatic N) is 2. The van der Waals surface area contributed by atoms with Gasteiger partial charge in [0.1, 0.15) is 35.4 Å². The fraction of sp³-hybridized carbons (Fsp3) is 0.227. The van der Waals surface area contributed by atoms with Crippen molar-refractivity contribution in [2.45, 2.75) is 31.0 Å². The summed E-state index contributed by atoms with van der Waals surface area (Å²) in [7, 11) is 0. The van der Waals surface area contributed by atoms with Crippen LogP contribution in [0.2, 0.25) is 0 Å². The Morgan fingerprint density at radius 3 is 2.60 bits per heavy atom. The average molecular weight is 432 g/mol. The summed E-state index contributed by atoms with van der Waals surface area (Å²) >= 11 is -1.83. The zero-order valence-electron chi connectivity index (χ0n) is 16.3. The Kier molecular flexibility index (Phi) is 5.38. The van der Waals surface area contributed by atoms with E-state index in [2.05, 4.69) is 4.98 Å². The number of hydrogen-bond donors (Lipinski definition) is 0. The Balaban J connectivity index is 1.74. The van der Waals surface area contributed by atoms with Crippen LogP contribution in [0.3, 0.4) is 0 Å². The van der Waals surface area contributed by atoms with E-state index in [1.165, 1.54) is 12.1 Å². The Bertz CT molecular complexity index is 1070. The summed E-state index contributed by atoms with van der Waals surface area (Å²) in [6.45, 7) is 4.00. The zero-order valence-corrected chi connectivity index (χ0v) is 17.1. The molecule has 1 aromatic heterocycles. The van der Waals surface area contributed by atoms with Gasteiger partial charge in [-0.15, -0.1) is 0 Å². The highest BCUT2D eigenvalue weighted by Crippen LogP contribution is 2.40. The number of aromatic nitrogens is 1. The minimum atomic E-state index is -4.50. The van der Waals surface area contributed by atoms with Gasteiger partial charge >= 0.3 is 6.18 Å². The van der Waals surface area contributed by atoms with Crippen LogP contribution in [0.5, 0.6) is 5.75 Å². The Hall–Kier alpha value is -2.71. The van der Waals surface area contributed by atoms with Crippen LogP contribution in [0.25, 0.3) is 11.3 Å². The zero-order chi connectivity index (χ0) is 21.5. The van der Waals surface area contributed by atoms with Crippen LogP contribution < -0.4 is 9.04 Å². The predicted octanol–water partition coefficient (Wildman–Crippen LogP) is 5.39. The molecule has 2 aromatic carbocycles. The average Bonchev–Trinajstić information content (AvgIpc) is 2.72. The molecular formula is C22H19F3N2O2S.